The SMILES string of the molecule is COC(=O)c1c(C)ccc(F)c1NC(=O)Cc1ccccc1[N+](=O)[O-]. The lowest BCUT2D eigenvalue weighted by molar-refractivity contribution is -0.385. The van der Waals surface area contributed by atoms with Crippen LogP contribution < -0.4 is 5.32 Å². The minimum atomic E-state index is -0.804. The lowest BCUT2D eigenvalue weighted by atomic mass is 10.0. The van der Waals surface area contributed by atoms with Crippen LogP contribution in [0.15, 0.2) is 36.4 Å². The van der Waals surface area contributed by atoms with Gasteiger partial charge in [-0.3, -0.25) is 14.9 Å². The number of nitro groups is 1. The summed E-state index contributed by atoms with van der Waals surface area (Å²) in [6.45, 7) is 1.57. The largest absolute Gasteiger partial charge is 0.465 e. The maximum Gasteiger partial charge on any atom is 0.340 e. The van der Waals surface area contributed by atoms with Crippen molar-refractivity contribution in [3.8, 4) is 0 Å². The van der Waals surface area contributed by atoms with Crippen LogP contribution >= 0.6 is 0 Å². The minimum absolute atomic E-state index is 0.0987. The number of nitrogens with zero attached hydrogens (tertiary/aromatic N) is 1. The molecule has 0 spiro atoms. The van der Waals surface area contributed by atoms with Crippen molar-refractivity contribution in [1.82, 2.24) is 0 Å². The van der Waals surface area contributed by atoms with E-state index in [2.05, 4.69) is 10.1 Å². The topological polar surface area (TPSA) is 98.5 Å². The molecule has 0 aliphatic heterocycles. The van der Waals surface area contributed by atoms with E-state index < -0.39 is 22.6 Å². The Morgan fingerprint density at radius 1 is 1.24 bits per heavy atom. The monoisotopic (exact) mass is 346 g/mol. The van der Waals surface area contributed by atoms with Gasteiger partial charge in [-0.1, -0.05) is 24.3 Å². The van der Waals surface area contributed by atoms with Crippen LogP contribution in [0.1, 0.15) is 21.5 Å². The Bertz CT molecular complexity index is 851. The number of nitrogens with one attached hydrogen (secondary N) is 1. The molecule has 2 rings (SSSR count). The summed E-state index contributed by atoms with van der Waals surface area (Å²) < 4.78 is 18.7. The van der Waals surface area contributed by atoms with Gasteiger partial charge in [-0.2, -0.15) is 0 Å². The Balaban J connectivity index is 2.32. The summed E-state index contributed by atoms with van der Waals surface area (Å²) in [7, 11) is 1.14. The molecule has 0 saturated carbocycles. The van der Waals surface area contributed by atoms with Crippen molar-refractivity contribution in [2.75, 3.05) is 12.4 Å². The minimum Gasteiger partial charge on any atom is -0.465 e. The van der Waals surface area contributed by atoms with Gasteiger partial charge in [0.15, 0.2) is 0 Å². The highest BCUT2D eigenvalue weighted by Gasteiger charge is 2.22. The highest BCUT2D eigenvalue weighted by atomic mass is 19.1. The first kappa shape index (κ1) is 18.1. The van der Waals surface area contributed by atoms with Crippen molar-refractivity contribution in [2.24, 2.45) is 0 Å². The zero-order valence-corrected chi connectivity index (χ0v) is 13.5. The molecule has 0 aliphatic carbocycles. The number of carbonyl (C=O) groups excluding carboxylic acids is 2. The summed E-state index contributed by atoms with van der Waals surface area (Å²) in [5, 5.41) is 13.3. The van der Waals surface area contributed by atoms with Crippen LogP contribution in [0, 0.1) is 22.9 Å². The first-order valence-electron chi connectivity index (χ1n) is 7.24. The second-order valence-electron chi connectivity index (χ2n) is 5.22. The van der Waals surface area contributed by atoms with Crippen molar-refractivity contribution in [2.45, 2.75) is 13.3 Å². The van der Waals surface area contributed by atoms with E-state index in [-0.39, 0.29) is 28.9 Å². The van der Waals surface area contributed by atoms with Gasteiger partial charge < -0.3 is 10.1 Å². The molecular formula is C17H15FN2O5. The standard InChI is InChI=1S/C17H15FN2O5/c1-10-7-8-12(18)16(15(10)17(22)25-2)19-14(21)9-11-5-3-4-6-13(11)20(23)24/h3-8H,9H2,1-2H3,(H,19,21). The van der Waals surface area contributed by atoms with Crippen molar-refractivity contribution in [1.29, 1.82) is 0 Å². The molecule has 0 bridgehead atoms. The second-order valence-corrected chi connectivity index (χ2v) is 5.22. The zero-order chi connectivity index (χ0) is 18.6. The predicted molar refractivity (Wildman–Crippen MR) is 87.9 cm³/mol. The average Bonchev–Trinajstić information content (AvgIpc) is 2.58. The third-order valence-corrected chi connectivity index (χ3v) is 3.56. The molecule has 130 valence electrons. The summed E-state index contributed by atoms with van der Waals surface area (Å²) in [5.74, 6) is -2.29. The molecule has 7 nitrogen and oxygen atoms in total. The normalized spacial score (nSPS) is 10.2. The summed E-state index contributed by atoms with van der Waals surface area (Å²) in [6.07, 6.45) is -0.342. The number of para-hydroxylation sites is 1. The molecule has 0 fully saturated rings. The number of ether oxygens (including phenoxy) is 1. The Morgan fingerprint density at radius 2 is 1.92 bits per heavy atom. The smallest absolute Gasteiger partial charge is 0.340 e. The molecule has 0 saturated heterocycles. The summed E-state index contributed by atoms with van der Waals surface area (Å²) in [5.41, 5.74) is -0.0173. The number of anilines is 1. The molecule has 1 amide bonds. The quantitative estimate of drug-likeness (QED) is 0.510. The van der Waals surface area contributed by atoms with E-state index in [0.717, 1.165) is 13.2 Å². The Kier molecular flexibility index (Phi) is 5.43. The fourth-order valence-corrected chi connectivity index (χ4v) is 2.36. The number of aryl methyl sites for hydroxylation is 1. The maximum absolute atomic E-state index is 14.1. The van der Waals surface area contributed by atoms with Gasteiger partial charge in [0.1, 0.15) is 5.82 Å². The van der Waals surface area contributed by atoms with Crippen molar-refractivity contribution in [3.05, 3.63) is 69.0 Å². The first-order valence-corrected chi connectivity index (χ1v) is 7.24. The third kappa shape index (κ3) is 3.97. The van der Waals surface area contributed by atoms with Crippen molar-refractivity contribution in [3.63, 3.8) is 0 Å². The van der Waals surface area contributed by atoms with Crippen LogP contribution in [-0.2, 0) is 16.0 Å². The maximum atomic E-state index is 14.1. The van der Waals surface area contributed by atoms with Crippen LogP contribution in [0.5, 0.6) is 0 Å². The van der Waals surface area contributed by atoms with Gasteiger partial charge in [0.05, 0.1) is 29.7 Å². The van der Waals surface area contributed by atoms with E-state index in [0.29, 0.717) is 5.56 Å². The number of rotatable bonds is 5. The van der Waals surface area contributed by atoms with Gasteiger partial charge in [0, 0.05) is 11.6 Å². The zero-order valence-electron chi connectivity index (χ0n) is 13.5. The van der Waals surface area contributed by atoms with E-state index in [1.807, 2.05) is 0 Å². The van der Waals surface area contributed by atoms with Crippen molar-refractivity contribution < 1.29 is 23.6 Å². The molecule has 0 unspecified atom stereocenters. The predicted octanol–water partition coefficient (Wildman–Crippen LogP) is 3.01. The number of hydrogen-bond acceptors (Lipinski definition) is 5. The molecule has 0 heterocycles. The molecule has 0 atom stereocenters. The van der Waals surface area contributed by atoms with Gasteiger partial charge >= 0.3 is 5.97 Å². The molecule has 25 heavy (non-hydrogen) atoms. The molecule has 1 N–H and O–H groups in total. The van der Waals surface area contributed by atoms with E-state index in [1.165, 1.54) is 24.3 Å². The van der Waals surface area contributed by atoms with E-state index >= 15 is 0 Å². The number of hydrogen-bond donors (Lipinski definition) is 1. The number of benzene rings is 2. The van der Waals surface area contributed by atoms with Crippen LogP contribution in [-0.4, -0.2) is 23.9 Å². The Morgan fingerprint density at radius 3 is 2.56 bits per heavy atom. The molecule has 0 aliphatic rings. The lowest BCUT2D eigenvalue weighted by Crippen LogP contribution is -2.19. The Hall–Kier alpha value is -3.29. The number of halogens is 1. The number of nitro benzene ring substituents is 1. The van der Waals surface area contributed by atoms with Crippen LogP contribution in [0.3, 0.4) is 0 Å². The van der Waals surface area contributed by atoms with Gasteiger partial charge in [0.25, 0.3) is 5.69 Å². The summed E-state index contributed by atoms with van der Waals surface area (Å²) in [6, 6.07) is 8.25. The molecule has 2 aromatic rings. The van der Waals surface area contributed by atoms with E-state index in [1.54, 1.807) is 13.0 Å². The molecule has 2 aromatic carbocycles. The van der Waals surface area contributed by atoms with Gasteiger partial charge in [0.2, 0.25) is 5.91 Å². The number of esters is 1. The molecular weight excluding hydrogens is 331 g/mol. The Labute approximate surface area is 142 Å². The highest BCUT2D eigenvalue weighted by molar-refractivity contribution is 6.03. The summed E-state index contributed by atoms with van der Waals surface area (Å²) >= 11 is 0. The fourth-order valence-electron chi connectivity index (χ4n) is 2.36. The fraction of sp³-hybridized carbons (Fsp3) is 0.176. The molecule has 0 aromatic heterocycles. The summed E-state index contributed by atoms with van der Waals surface area (Å²) in [4.78, 5) is 34.5. The van der Waals surface area contributed by atoms with E-state index in [9.17, 15) is 24.1 Å². The first-order chi connectivity index (χ1) is 11.8. The van der Waals surface area contributed by atoms with Crippen LogP contribution in [0.25, 0.3) is 0 Å². The van der Waals surface area contributed by atoms with E-state index in [4.69, 9.17) is 0 Å². The molecule has 0 radical (unpaired) electrons. The highest BCUT2D eigenvalue weighted by Crippen LogP contribution is 2.25. The van der Waals surface area contributed by atoms with Gasteiger partial charge in [-0.15, -0.1) is 0 Å². The van der Waals surface area contributed by atoms with Crippen LogP contribution in [0.4, 0.5) is 15.8 Å². The number of methoxy groups -OCH3 is 1. The van der Waals surface area contributed by atoms with Gasteiger partial charge in [-0.05, 0) is 18.6 Å². The van der Waals surface area contributed by atoms with Crippen molar-refractivity contribution >= 4 is 23.3 Å². The number of carbonyl (C=O) groups is 2. The average molecular weight is 346 g/mol. The second kappa shape index (κ2) is 7.52. The lowest BCUT2D eigenvalue weighted by Gasteiger charge is -2.13. The third-order valence-electron chi connectivity index (χ3n) is 3.56. The van der Waals surface area contributed by atoms with Crippen LogP contribution in [0.2, 0.25) is 0 Å². The number of amides is 1. The molecule has 8 heteroatoms. The van der Waals surface area contributed by atoms with Gasteiger partial charge in [-0.25, -0.2) is 9.18 Å².